The van der Waals surface area contributed by atoms with Gasteiger partial charge in [-0.1, -0.05) is 30.3 Å². The van der Waals surface area contributed by atoms with E-state index in [1.165, 1.54) is 12.1 Å². The fraction of sp³-hybridized carbons (Fsp3) is 0.263. The first-order valence-corrected chi connectivity index (χ1v) is 8.36. The normalized spacial score (nSPS) is 17.3. The molecule has 7 nitrogen and oxygen atoms in total. The van der Waals surface area contributed by atoms with Gasteiger partial charge in [0, 0.05) is 30.9 Å². The molecular formula is C19H19N3O4. The Bertz CT molecular complexity index is 820. The Hall–Kier alpha value is -3.22. The number of piperazine rings is 1. The molecule has 0 bridgehead atoms. The third-order valence-electron chi connectivity index (χ3n) is 4.55. The van der Waals surface area contributed by atoms with Crippen molar-refractivity contribution in [3.63, 3.8) is 0 Å². The number of benzene rings is 2. The Labute approximate surface area is 151 Å². The number of nitrogens with zero attached hydrogens (tertiary/aromatic N) is 3. The van der Waals surface area contributed by atoms with Gasteiger partial charge in [-0.05, 0) is 24.6 Å². The molecule has 2 amide bonds. The standard InChI is InChI=1S/C19H19N3O4/c1-14-19(24)21(16-7-9-17(10-8-16)22(25)26)12-11-20(14)18(23)13-15-5-3-2-4-6-15/h2-10,14H,11-13H2,1H3. The monoisotopic (exact) mass is 353 g/mol. The summed E-state index contributed by atoms with van der Waals surface area (Å²) in [6, 6.07) is 14.7. The zero-order valence-corrected chi connectivity index (χ0v) is 14.4. The highest BCUT2D eigenvalue weighted by Crippen LogP contribution is 2.23. The smallest absolute Gasteiger partial charge is 0.269 e. The summed E-state index contributed by atoms with van der Waals surface area (Å²) in [5.74, 6) is -0.271. The van der Waals surface area contributed by atoms with Gasteiger partial charge in [0.2, 0.25) is 11.8 Å². The van der Waals surface area contributed by atoms with Crippen LogP contribution in [0.4, 0.5) is 11.4 Å². The Morgan fingerprint density at radius 3 is 2.38 bits per heavy atom. The second kappa shape index (κ2) is 7.35. The van der Waals surface area contributed by atoms with Crippen LogP contribution in [-0.4, -0.2) is 40.8 Å². The quantitative estimate of drug-likeness (QED) is 0.624. The lowest BCUT2D eigenvalue weighted by Gasteiger charge is -2.39. The highest BCUT2D eigenvalue weighted by atomic mass is 16.6. The minimum atomic E-state index is -0.574. The molecule has 0 aliphatic carbocycles. The van der Waals surface area contributed by atoms with Crippen molar-refractivity contribution in [3.05, 3.63) is 70.3 Å². The fourth-order valence-electron chi connectivity index (χ4n) is 3.09. The first-order valence-electron chi connectivity index (χ1n) is 8.36. The van der Waals surface area contributed by atoms with Gasteiger partial charge >= 0.3 is 0 Å². The van der Waals surface area contributed by atoms with Crippen molar-refractivity contribution in [2.75, 3.05) is 18.0 Å². The number of hydrogen-bond donors (Lipinski definition) is 0. The molecule has 0 aromatic heterocycles. The molecule has 1 aliphatic rings. The lowest BCUT2D eigenvalue weighted by Crippen LogP contribution is -2.58. The van der Waals surface area contributed by atoms with Gasteiger partial charge in [0.25, 0.3) is 5.69 Å². The van der Waals surface area contributed by atoms with Crippen LogP contribution in [-0.2, 0) is 16.0 Å². The van der Waals surface area contributed by atoms with E-state index < -0.39 is 11.0 Å². The molecule has 3 rings (SSSR count). The Balaban J connectivity index is 1.70. The summed E-state index contributed by atoms with van der Waals surface area (Å²) in [5, 5.41) is 10.8. The van der Waals surface area contributed by atoms with Crippen molar-refractivity contribution in [1.29, 1.82) is 0 Å². The summed E-state index contributed by atoms with van der Waals surface area (Å²) < 4.78 is 0. The van der Waals surface area contributed by atoms with Crippen LogP contribution in [0.3, 0.4) is 0 Å². The predicted octanol–water partition coefficient (Wildman–Crippen LogP) is 2.40. The lowest BCUT2D eigenvalue weighted by molar-refractivity contribution is -0.384. The van der Waals surface area contributed by atoms with Gasteiger partial charge in [0.15, 0.2) is 0 Å². The molecule has 26 heavy (non-hydrogen) atoms. The van der Waals surface area contributed by atoms with Crippen LogP contribution in [0.15, 0.2) is 54.6 Å². The van der Waals surface area contributed by atoms with Crippen LogP contribution in [0, 0.1) is 10.1 Å². The summed E-state index contributed by atoms with van der Waals surface area (Å²) in [6.07, 6.45) is 0.260. The van der Waals surface area contributed by atoms with Crippen molar-refractivity contribution >= 4 is 23.2 Å². The molecule has 1 aliphatic heterocycles. The summed E-state index contributed by atoms with van der Waals surface area (Å²) in [7, 11) is 0. The molecule has 1 fully saturated rings. The number of rotatable bonds is 4. The van der Waals surface area contributed by atoms with Gasteiger partial charge < -0.3 is 9.80 Å². The molecule has 0 spiro atoms. The third-order valence-corrected chi connectivity index (χ3v) is 4.55. The van der Waals surface area contributed by atoms with Crippen molar-refractivity contribution in [2.24, 2.45) is 0 Å². The average molecular weight is 353 g/mol. The number of nitro groups is 1. The molecule has 1 saturated heterocycles. The van der Waals surface area contributed by atoms with Crippen molar-refractivity contribution in [3.8, 4) is 0 Å². The van der Waals surface area contributed by atoms with E-state index in [-0.39, 0.29) is 23.9 Å². The zero-order valence-electron chi connectivity index (χ0n) is 14.4. The molecule has 2 aromatic rings. The van der Waals surface area contributed by atoms with Crippen LogP contribution >= 0.6 is 0 Å². The predicted molar refractivity (Wildman–Crippen MR) is 96.8 cm³/mol. The molecule has 1 atom stereocenters. The minimum absolute atomic E-state index is 0.0223. The third kappa shape index (κ3) is 3.56. The van der Waals surface area contributed by atoms with Crippen molar-refractivity contribution in [1.82, 2.24) is 4.90 Å². The summed E-state index contributed by atoms with van der Waals surface area (Å²) in [6.45, 7) is 2.50. The summed E-state index contributed by atoms with van der Waals surface area (Å²) in [4.78, 5) is 38.7. The molecule has 2 aromatic carbocycles. The van der Waals surface area contributed by atoms with Gasteiger partial charge in [0.1, 0.15) is 6.04 Å². The van der Waals surface area contributed by atoms with Crippen LogP contribution in [0.25, 0.3) is 0 Å². The highest BCUT2D eigenvalue weighted by Gasteiger charge is 2.34. The van der Waals surface area contributed by atoms with Gasteiger partial charge in [-0.2, -0.15) is 0 Å². The molecule has 0 N–H and O–H groups in total. The number of non-ortho nitro benzene ring substituents is 1. The van der Waals surface area contributed by atoms with Crippen LogP contribution in [0.2, 0.25) is 0 Å². The second-order valence-electron chi connectivity index (χ2n) is 6.19. The fourth-order valence-corrected chi connectivity index (χ4v) is 3.09. The average Bonchev–Trinajstić information content (AvgIpc) is 2.64. The topological polar surface area (TPSA) is 83.8 Å². The summed E-state index contributed by atoms with van der Waals surface area (Å²) in [5.41, 5.74) is 1.49. The lowest BCUT2D eigenvalue weighted by atomic mass is 10.1. The van der Waals surface area contributed by atoms with Gasteiger partial charge in [-0.15, -0.1) is 0 Å². The molecule has 1 heterocycles. The van der Waals surface area contributed by atoms with E-state index in [9.17, 15) is 19.7 Å². The maximum absolute atomic E-state index is 12.7. The highest BCUT2D eigenvalue weighted by molar-refractivity contribution is 6.00. The minimum Gasteiger partial charge on any atom is -0.329 e. The van der Waals surface area contributed by atoms with Crippen LogP contribution < -0.4 is 4.90 Å². The van der Waals surface area contributed by atoms with E-state index in [4.69, 9.17) is 0 Å². The largest absolute Gasteiger partial charge is 0.329 e. The number of hydrogen-bond acceptors (Lipinski definition) is 4. The van der Waals surface area contributed by atoms with E-state index in [0.29, 0.717) is 18.8 Å². The number of carbonyl (C=O) groups is 2. The van der Waals surface area contributed by atoms with Crippen molar-refractivity contribution in [2.45, 2.75) is 19.4 Å². The van der Waals surface area contributed by atoms with Gasteiger partial charge in [0.05, 0.1) is 11.3 Å². The maximum Gasteiger partial charge on any atom is 0.269 e. The van der Waals surface area contributed by atoms with Gasteiger partial charge in [-0.25, -0.2) is 0 Å². The zero-order chi connectivity index (χ0) is 18.7. The van der Waals surface area contributed by atoms with Gasteiger partial charge in [-0.3, -0.25) is 19.7 Å². The molecule has 134 valence electrons. The Kier molecular flexibility index (Phi) is 4.97. The molecule has 0 radical (unpaired) electrons. The number of carbonyl (C=O) groups excluding carboxylic acids is 2. The van der Waals surface area contributed by atoms with Crippen molar-refractivity contribution < 1.29 is 14.5 Å². The van der Waals surface area contributed by atoms with E-state index in [0.717, 1.165) is 5.56 Å². The van der Waals surface area contributed by atoms with E-state index in [1.807, 2.05) is 30.3 Å². The second-order valence-corrected chi connectivity index (χ2v) is 6.19. The van der Waals surface area contributed by atoms with E-state index >= 15 is 0 Å². The Morgan fingerprint density at radius 2 is 1.77 bits per heavy atom. The number of nitro benzene ring substituents is 1. The first-order chi connectivity index (χ1) is 12.5. The van der Waals surface area contributed by atoms with Crippen LogP contribution in [0.5, 0.6) is 0 Å². The van der Waals surface area contributed by atoms with E-state index in [1.54, 1.807) is 28.9 Å². The SMILES string of the molecule is CC1C(=O)N(c2ccc([N+](=O)[O-])cc2)CCN1C(=O)Cc1ccccc1. The van der Waals surface area contributed by atoms with Crippen LogP contribution in [0.1, 0.15) is 12.5 Å². The first kappa shape index (κ1) is 17.6. The summed E-state index contributed by atoms with van der Waals surface area (Å²) >= 11 is 0. The maximum atomic E-state index is 12.7. The molecule has 0 saturated carbocycles. The molecular weight excluding hydrogens is 334 g/mol. The molecule has 1 unspecified atom stereocenters. The number of amides is 2. The Morgan fingerprint density at radius 1 is 1.12 bits per heavy atom. The number of anilines is 1. The molecule has 7 heteroatoms. The van der Waals surface area contributed by atoms with E-state index in [2.05, 4.69) is 0 Å².